The van der Waals surface area contributed by atoms with Gasteiger partial charge in [0.05, 0.1) is 0 Å². The first-order valence-electron chi connectivity index (χ1n) is 7.82. The van der Waals surface area contributed by atoms with Crippen molar-refractivity contribution >= 4 is 14.1 Å². The van der Waals surface area contributed by atoms with Crippen LogP contribution in [0.3, 0.4) is 0 Å². The molecule has 0 bridgehead atoms. The zero-order valence-corrected chi connectivity index (χ0v) is 14.8. The number of hydrogen-bond acceptors (Lipinski definition) is 3. The van der Waals surface area contributed by atoms with Crippen LogP contribution in [0.2, 0.25) is 0 Å². The van der Waals surface area contributed by atoms with E-state index in [4.69, 9.17) is 13.3 Å². The number of nitrogens with zero attached hydrogens (tertiary/aromatic N) is 1. The van der Waals surface area contributed by atoms with E-state index < -0.39 is 8.80 Å². The number of allylic oxidation sites excluding steroid dienone is 1. The molecule has 5 nitrogen and oxygen atoms in total. The van der Waals surface area contributed by atoms with Gasteiger partial charge in [-0.2, -0.15) is 0 Å². The molecule has 0 saturated carbocycles. The third-order valence-corrected chi connectivity index (χ3v) is 6.16. The first kappa shape index (κ1) is 18.1. The van der Waals surface area contributed by atoms with Crippen LogP contribution < -0.4 is 9.88 Å². The van der Waals surface area contributed by atoms with Crippen molar-refractivity contribution in [2.24, 2.45) is 0 Å². The van der Waals surface area contributed by atoms with Crippen molar-refractivity contribution < 1.29 is 17.8 Å². The fourth-order valence-corrected chi connectivity index (χ4v) is 5.04. The molecule has 0 aliphatic heterocycles. The van der Waals surface area contributed by atoms with Crippen molar-refractivity contribution in [1.82, 2.24) is 4.98 Å². The number of rotatable bonds is 11. The van der Waals surface area contributed by atoms with E-state index in [0.29, 0.717) is 19.8 Å². The molecule has 6 heteroatoms. The molecule has 1 heterocycles. The SMILES string of the molecule is C=CC[n+]1c([Si](OCC)(OCC)OCC)c[nH]c1CCC. The van der Waals surface area contributed by atoms with Gasteiger partial charge in [0.25, 0.3) is 5.82 Å². The summed E-state index contributed by atoms with van der Waals surface area (Å²) in [7, 11) is -2.88. The highest BCUT2D eigenvalue weighted by Gasteiger charge is 2.50. The van der Waals surface area contributed by atoms with Crippen LogP contribution in [0.4, 0.5) is 0 Å². The van der Waals surface area contributed by atoms with E-state index in [9.17, 15) is 0 Å². The van der Waals surface area contributed by atoms with Crippen LogP contribution in [0.1, 0.15) is 39.9 Å². The minimum atomic E-state index is -2.88. The molecule has 1 aromatic heterocycles. The van der Waals surface area contributed by atoms with Crippen molar-refractivity contribution in [3.63, 3.8) is 0 Å². The van der Waals surface area contributed by atoms with Crippen LogP contribution in [0.15, 0.2) is 18.9 Å². The van der Waals surface area contributed by atoms with Crippen molar-refractivity contribution in [1.29, 1.82) is 0 Å². The Morgan fingerprint density at radius 2 is 1.71 bits per heavy atom. The van der Waals surface area contributed by atoms with Gasteiger partial charge in [0.2, 0.25) is 5.32 Å². The Labute approximate surface area is 129 Å². The summed E-state index contributed by atoms with van der Waals surface area (Å²) in [6, 6.07) is 0. The summed E-state index contributed by atoms with van der Waals surface area (Å²) in [6.45, 7) is 14.3. The Morgan fingerprint density at radius 1 is 1.14 bits per heavy atom. The lowest BCUT2D eigenvalue weighted by Crippen LogP contribution is -2.68. The van der Waals surface area contributed by atoms with Crippen LogP contribution in [-0.4, -0.2) is 33.6 Å². The highest BCUT2D eigenvalue weighted by Crippen LogP contribution is 2.10. The third-order valence-electron chi connectivity index (χ3n) is 3.11. The molecule has 0 atom stereocenters. The number of nitrogens with one attached hydrogen (secondary N) is 1. The molecular weight excluding hydrogens is 284 g/mol. The average Bonchev–Trinajstić information content (AvgIpc) is 2.84. The molecule has 0 fully saturated rings. The number of aromatic nitrogens is 2. The second kappa shape index (κ2) is 9.14. The zero-order chi connectivity index (χ0) is 15.7. The monoisotopic (exact) mass is 313 g/mol. The van der Waals surface area contributed by atoms with Gasteiger partial charge in [0.15, 0.2) is 0 Å². The largest absolute Gasteiger partial charge is 0.582 e. The minimum Gasteiger partial charge on any atom is -0.368 e. The van der Waals surface area contributed by atoms with E-state index in [1.54, 1.807) is 0 Å². The van der Waals surface area contributed by atoms with Crippen LogP contribution in [0.5, 0.6) is 0 Å². The topological polar surface area (TPSA) is 47.4 Å². The molecule has 0 radical (unpaired) electrons. The molecule has 0 aromatic carbocycles. The molecule has 120 valence electrons. The average molecular weight is 313 g/mol. The normalized spacial score (nSPS) is 11.8. The maximum absolute atomic E-state index is 5.99. The highest BCUT2D eigenvalue weighted by molar-refractivity contribution is 6.73. The van der Waals surface area contributed by atoms with Crippen molar-refractivity contribution in [2.75, 3.05) is 19.8 Å². The Hall–Kier alpha value is -0.953. The fourth-order valence-electron chi connectivity index (χ4n) is 2.41. The fraction of sp³-hybridized carbons (Fsp3) is 0.667. The molecule has 0 amide bonds. The standard InChI is InChI=1S/C15H28N2O3Si/c1-6-11-14-16-13-15(17(14)12-7-2)21(18-8-3,19-9-4)20-10-5/h7,13H,2,6,8-12H2,1,3-5H3/p+1. The van der Waals surface area contributed by atoms with E-state index in [1.165, 1.54) is 0 Å². The summed E-state index contributed by atoms with van der Waals surface area (Å²) in [5, 5.41) is 0.983. The Bertz CT molecular complexity index is 418. The van der Waals surface area contributed by atoms with Gasteiger partial charge < -0.3 is 13.3 Å². The van der Waals surface area contributed by atoms with E-state index in [1.807, 2.05) is 33.0 Å². The van der Waals surface area contributed by atoms with E-state index in [-0.39, 0.29) is 0 Å². The second-order valence-corrected chi connectivity index (χ2v) is 7.12. The summed E-state index contributed by atoms with van der Waals surface area (Å²) < 4.78 is 20.2. The first-order valence-corrected chi connectivity index (χ1v) is 9.54. The maximum atomic E-state index is 5.99. The Kier molecular flexibility index (Phi) is 7.88. The predicted molar refractivity (Wildman–Crippen MR) is 85.4 cm³/mol. The molecule has 0 aliphatic rings. The van der Waals surface area contributed by atoms with Crippen LogP contribution in [-0.2, 0) is 26.2 Å². The van der Waals surface area contributed by atoms with Crippen LogP contribution in [0.25, 0.3) is 0 Å². The Balaban J connectivity index is 3.30. The second-order valence-electron chi connectivity index (χ2n) is 4.63. The molecule has 0 unspecified atom stereocenters. The molecule has 1 N–H and O–H groups in total. The predicted octanol–water partition coefficient (Wildman–Crippen LogP) is 1.70. The van der Waals surface area contributed by atoms with Gasteiger partial charge in [0, 0.05) is 26.2 Å². The van der Waals surface area contributed by atoms with E-state index >= 15 is 0 Å². The van der Waals surface area contributed by atoms with Gasteiger partial charge >= 0.3 is 8.80 Å². The highest BCUT2D eigenvalue weighted by atomic mass is 28.4. The summed E-state index contributed by atoms with van der Waals surface area (Å²) in [6.07, 6.45) is 5.91. The maximum Gasteiger partial charge on any atom is 0.582 e. The van der Waals surface area contributed by atoms with Crippen molar-refractivity contribution in [2.45, 2.75) is 47.1 Å². The number of imidazole rings is 1. The van der Waals surface area contributed by atoms with Gasteiger partial charge in [-0.1, -0.05) is 19.6 Å². The summed E-state index contributed by atoms with van der Waals surface area (Å²) in [5.74, 6) is 1.16. The minimum absolute atomic E-state index is 0.564. The lowest BCUT2D eigenvalue weighted by atomic mass is 10.3. The lowest BCUT2D eigenvalue weighted by molar-refractivity contribution is -0.678. The molecule has 1 rings (SSSR count). The Morgan fingerprint density at radius 3 is 2.14 bits per heavy atom. The number of aryl methyl sites for hydroxylation is 1. The summed E-state index contributed by atoms with van der Waals surface area (Å²) >= 11 is 0. The molecule has 0 spiro atoms. The molecular formula is C15H29N2O3Si+. The molecule has 0 saturated heterocycles. The van der Waals surface area contributed by atoms with Crippen LogP contribution >= 0.6 is 0 Å². The van der Waals surface area contributed by atoms with Crippen molar-refractivity contribution in [3.05, 3.63) is 24.7 Å². The summed E-state index contributed by atoms with van der Waals surface area (Å²) in [4.78, 5) is 3.35. The van der Waals surface area contributed by atoms with Gasteiger partial charge in [0.1, 0.15) is 12.7 Å². The van der Waals surface area contributed by atoms with Gasteiger partial charge in [-0.15, -0.1) is 0 Å². The van der Waals surface area contributed by atoms with E-state index in [0.717, 1.165) is 30.5 Å². The smallest absolute Gasteiger partial charge is 0.368 e. The molecule has 1 aromatic rings. The van der Waals surface area contributed by atoms with Crippen molar-refractivity contribution in [3.8, 4) is 0 Å². The first-order chi connectivity index (χ1) is 10.2. The number of aromatic amines is 1. The lowest BCUT2D eigenvalue weighted by Gasteiger charge is -2.26. The van der Waals surface area contributed by atoms with E-state index in [2.05, 4.69) is 23.1 Å². The van der Waals surface area contributed by atoms with Gasteiger partial charge in [-0.05, 0) is 27.2 Å². The summed E-state index contributed by atoms with van der Waals surface area (Å²) in [5.41, 5.74) is 0. The quantitative estimate of drug-likeness (QED) is 0.384. The van der Waals surface area contributed by atoms with Crippen LogP contribution in [0, 0.1) is 0 Å². The van der Waals surface area contributed by atoms with Gasteiger partial charge in [-0.3, -0.25) is 0 Å². The zero-order valence-electron chi connectivity index (χ0n) is 13.8. The number of H-pyrrole nitrogens is 1. The molecule has 0 aliphatic carbocycles. The number of hydrogen-bond donors (Lipinski definition) is 1. The third kappa shape index (κ3) is 4.26. The van der Waals surface area contributed by atoms with Gasteiger partial charge in [-0.25, -0.2) is 9.55 Å². The molecule has 21 heavy (non-hydrogen) atoms.